The molecular weight excluding hydrogens is 646 g/mol. The average molecular weight is 691 g/mol. The van der Waals surface area contributed by atoms with E-state index in [4.69, 9.17) is 4.74 Å². The molecule has 244 valence electrons. The van der Waals surface area contributed by atoms with E-state index in [9.17, 15) is 14.4 Å². The van der Waals surface area contributed by atoms with Gasteiger partial charge >= 0.3 is 0 Å². The first-order valence-corrected chi connectivity index (χ1v) is 17.7. The van der Waals surface area contributed by atoms with Crippen molar-refractivity contribution < 1.29 is 19.1 Å². The molecule has 46 heavy (non-hydrogen) atoms. The van der Waals surface area contributed by atoms with Crippen LogP contribution in [-0.4, -0.2) is 95.5 Å². The fraction of sp³-hybridized carbons (Fsp3) is 0.528. The van der Waals surface area contributed by atoms with Crippen molar-refractivity contribution in [3.8, 4) is 0 Å². The monoisotopic (exact) mass is 689 g/mol. The second kappa shape index (κ2) is 13.6. The molecule has 10 heteroatoms. The van der Waals surface area contributed by atoms with E-state index in [1.54, 1.807) is 4.90 Å². The van der Waals surface area contributed by atoms with Crippen molar-refractivity contribution in [1.29, 1.82) is 0 Å². The number of anilines is 1. The molecule has 4 heterocycles. The quantitative estimate of drug-likeness (QED) is 0.364. The van der Waals surface area contributed by atoms with Crippen LogP contribution in [0.2, 0.25) is 0 Å². The number of likely N-dealkylation sites (tertiary alicyclic amines) is 1. The van der Waals surface area contributed by atoms with Crippen LogP contribution < -0.4 is 10.6 Å². The maximum absolute atomic E-state index is 14.3. The summed E-state index contributed by atoms with van der Waals surface area (Å²) >= 11 is 3.44. The van der Waals surface area contributed by atoms with Gasteiger partial charge < -0.3 is 25.2 Å². The van der Waals surface area contributed by atoms with Crippen LogP contribution >= 0.6 is 15.9 Å². The third kappa shape index (κ3) is 6.29. The molecule has 9 nitrogen and oxygen atoms in total. The van der Waals surface area contributed by atoms with E-state index in [1.807, 2.05) is 36.4 Å². The van der Waals surface area contributed by atoms with E-state index in [2.05, 4.69) is 66.7 Å². The minimum Gasteiger partial charge on any atom is -0.359 e. The zero-order valence-corrected chi connectivity index (χ0v) is 27.9. The van der Waals surface area contributed by atoms with Gasteiger partial charge in [0.1, 0.15) is 11.6 Å². The van der Waals surface area contributed by atoms with Gasteiger partial charge in [0.15, 0.2) is 0 Å². The number of hydrogen-bond acceptors (Lipinski definition) is 6. The van der Waals surface area contributed by atoms with E-state index in [0.717, 1.165) is 75.8 Å². The number of fused-ring (bicyclic) bond motifs is 1. The van der Waals surface area contributed by atoms with Crippen LogP contribution in [0.5, 0.6) is 0 Å². The SMILES string of the molecule is O=C(Nc1ccc(Br)cc1)[C@@H]1[C@@H]2C=C[C@]3(O2)[C@@H]1C(=O)N(CCCN1CCN(Cc2ccccc2)CC1)[C@@H]3C(=O)NC1CCCCC1. The number of amides is 3. The Morgan fingerprint density at radius 2 is 1.61 bits per heavy atom. The van der Waals surface area contributed by atoms with E-state index in [0.29, 0.717) is 12.2 Å². The maximum atomic E-state index is 14.3. The zero-order chi connectivity index (χ0) is 31.7. The van der Waals surface area contributed by atoms with E-state index in [1.165, 1.54) is 12.0 Å². The highest BCUT2D eigenvalue weighted by Crippen LogP contribution is 2.55. The molecule has 5 atom stereocenters. The van der Waals surface area contributed by atoms with Gasteiger partial charge in [0.05, 0.1) is 17.9 Å². The smallest absolute Gasteiger partial charge is 0.246 e. The van der Waals surface area contributed by atoms with Crippen molar-refractivity contribution in [2.45, 2.75) is 68.9 Å². The van der Waals surface area contributed by atoms with Gasteiger partial charge in [-0.3, -0.25) is 19.3 Å². The molecule has 7 rings (SSSR count). The second-order valence-corrected chi connectivity index (χ2v) is 14.4. The number of benzene rings is 2. The molecule has 2 aromatic rings. The number of nitrogens with one attached hydrogen (secondary N) is 2. The van der Waals surface area contributed by atoms with Crippen molar-refractivity contribution in [2.75, 3.05) is 44.6 Å². The summed E-state index contributed by atoms with van der Waals surface area (Å²) in [6.45, 7) is 6.23. The summed E-state index contributed by atoms with van der Waals surface area (Å²) in [6.07, 6.45) is 9.30. The average Bonchev–Trinajstić information content (AvgIpc) is 3.71. The number of carbonyl (C=O) groups is 3. The topological polar surface area (TPSA) is 94.2 Å². The second-order valence-electron chi connectivity index (χ2n) is 13.5. The Morgan fingerprint density at radius 3 is 2.35 bits per heavy atom. The van der Waals surface area contributed by atoms with Crippen molar-refractivity contribution in [3.05, 3.63) is 76.8 Å². The molecule has 4 aliphatic heterocycles. The molecule has 3 saturated heterocycles. The lowest BCUT2D eigenvalue weighted by molar-refractivity contribution is -0.141. The van der Waals surface area contributed by atoms with Crippen LogP contribution in [0, 0.1) is 11.8 Å². The molecule has 0 unspecified atom stereocenters. The Kier molecular flexibility index (Phi) is 9.32. The van der Waals surface area contributed by atoms with E-state index in [-0.39, 0.29) is 23.8 Å². The summed E-state index contributed by atoms with van der Waals surface area (Å²) in [5.74, 6) is -2.00. The fourth-order valence-corrected chi connectivity index (χ4v) is 8.54. The number of hydrogen-bond donors (Lipinski definition) is 2. The number of piperazine rings is 1. The van der Waals surface area contributed by atoms with Gasteiger partial charge in [0.2, 0.25) is 17.7 Å². The number of halogens is 1. The van der Waals surface area contributed by atoms with Crippen LogP contribution in [0.1, 0.15) is 44.1 Å². The molecule has 0 aromatic heterocycles. The number of nitrogens with zero attached hydrogens (tertiary/aromatic N) is 3. The predicted octanol–water partition coefficient (Wildman–Crippen LogP) is 4.20. The molecule has 1 spiro atoms. The molecule has 2 bridgehead atoms. The molecule has 1 saturated carbocycles. The molecule has 0 radical (unpaired) electrons. The molecule has 1 aliphatic carbocycles. The van der Waals surface area contributed by atoms with Crippen LogP contribution in [-0.2, 0) is 25.7 Å². The van der Waals surface area contributed by atoms with Gasteiger partial charge in [-0.15, -0.1) is 0 Å². The summed E-state index contributed by atoms with van der Waals surface area (Å²) in [5.41, 5.74) is 0.859. The third-order valence-electron chi connectivity index (χ3n) is 10.6. The first kappa shape index (κ1) is 31.5. The van der Waals surface area contributed by atoms with Crippen LogP contribution in [0.15, 0.2) is 71.2 Å². The Labute approximate surface area is 279 Å². The van der Waals surface area contributed by atoms with E-state index >= 15 is 0 Å². The van der Waals surface area contributed by atoms with Crippen molar-refractivity contribution in [3.63, 3.8) is 0 Å². The number of ether oxygens (including phenoxy) is 1. The predicted molar refractivity (Wildman–Crippen MR) is 180 cm³/mol. The highest BCUT2D eigenvalue weighted by Gasteiger charge is 2.72. The van der Waals surface area contributed by atoms with Crippen molar-refractivity contribution in [1.82, 2.24) is 20.0 Å². The summed E-state index contributed by atoms with van der Waals surface area (Å²) < 4.78 is 7.45. The number of carbonyl (C=O) groups excluding carboxylic acids is 3. The van der Waals surface area contributed by atoms with Crippen molar-refractivity contribution >= 4 is 39.3 Å². The summed E-state index contributed by atoms with van der Waals surface area (Å²) in [4.78, 5) is 48.8. The lowest BCUT2D eigenvalue weighted by atomic mass is 9.74. The van der Waals surface area contributed by atoms with Gasteiger partial charge in [-0.25, -0.2) is 0 Å². The summed E-state index contributed by atoms with van der Waals surface area (Å²) in [6, 6.07) is 17.3. The minimum atomic E-state index is -1.13. The number of rotatable bonds is 10. The fourth-order valence-electron chi connectivity index (χ4n) is 8.27. The van der Waals surface area contributed by atoms with Gasteiger partial charge in [0.25, 0.3) is 0 Å². The largest absolute Gasteiger partial charge is 0.359 e. The lowest BCUT2D eigenvalue weighted by Gasteiger charge is -2.36. The molecule has 3 amide bonds. The molecular formula is C36H44BrN5O4. The highest BCUT2D eigenvalue weighted by molar-refractivity contribution is 9.10. The standard InChI is InChI=1S/C36H44BrN5O4/c37-26-12-14-28(15-13-26)38-33(43)30-29-16-17-36(46-29)31(30)35(45)42(32(36)34(44)39-27-10-5-2-6-11-27)19-7-18-40-20-22-41(23-21-40)24-25-8-3-1-4-9-25/h1,3-4,8-9,12-17,27,29-32H,2,5-7,10-11,18-24H2,(H,38,43)(H,39,44)/t29-,30+,31-,32+,36-/m0/s1. The van der Waals surface area contributed by atoms with Crippen LogP contribution in [0.3, 0.4) is 0 Å². The highest BCUT2D eigenvalue weighted by atomic mass is 79.9. The first-order valence-electron chi connectivity index (χ1n) is 16.9. The van der Waals surface area contributed by atoms with Crippen LogP contribution in [0.25, 0.3) is 0 Å². The molecule has 4 fully saturated rings. The Hall–Kier alpha value is -3.05. The summed E-state index contributed by atoms with van der Waals surface area (Å²) in [7, 11) is 0. The van der Waals surface area contributed by atoms with Gasteiger partial charge in [-0.2, -0.15) is 0 Å². The van der Waals surface area contributed by atoms with Crippen molar-refractivity contribution in [2.24, 2.45) is 11.8 Å². The lowest BCUT2D eigenvalue weighted by Crippen LogP contribution is -2.56. The Bertz CT molecular complexity index is 1440. The minimum absolute atomic E-state index is 0.111. The Balaban J connectivity index is 1.04. The molecule has 5 aliphatic rings. The third-order valence-corrected chi connectivity index (χ3v) is 11.1. The Morgan fingerprint density at radius 1 is 0.891 bits per heavy atom. The maximum Gasteiger partial charge on any atom is 0.246 e. The van der Waals surface area contributed by atoms with Crippen LogP contribution in [0.4, 0.5) is 5.69 Å². The van der Waals surface area contributed by atoms with Gasteiger partial charge in [-0.05, 0) is 55.6 Å². The zero-order valence-electron chi connectivity index (χ0n) is 26.3. The molecule has 2 aromatic carbocycles. The van der Waals surface area contributed by atoms with Gasteiger partial charge in [-0.1, -0.05) is 77.7 Å². The first-order chi connectivity index (χ1) is 22.4. The normalized spacial score (nSPS) is 29.7. The summed E-state index contributed by atoms with van der Waals surface area (Å²) in [5, 5.41) is 6.29. The van der Waals surface area contributed by atoms with E-state index < -0.39 is 29.6 Å². The van der Waals surface area contributed by atoms with Gasteiger partial charge in [0, 0.05) is 55.5 Å². The molecule has 2 N–H and O–H groups in total.